The predicted molar refractivity (Wildman–Crippen MR) is 46.2 cm³/mol. The molecule has 0 aromatic heterocycles. The molecule has 0 fully saturated rings. The van der Waals surface area contributed by atoms with Crippen LogP contribution >= 0.6 is 0 Å². The Balaban J connectivity index is 3.65. The molecule has 12 heavy (non-hydrogen) atoms. The fraction of sp³-hybridized carbons (Fsp3) is 0.875. The van der Waals surface area contributed by atoms with Crippen molar-refractivity contribution in [2.24, 2.45) is 0 Å². The van der Waals surface area contributed by atoms with Gasteiger partial charge in [-0.1, -0.05) is 6.92 Å². The third kappa shape index (κ3) is 4.31. The van der Waals surface area contributed by atoms with E-state index in [2.05, 4.69) is 5.32 Å². The van der Waals surface area contributed by atoms with Crippen LogP contribution in [0.1, 0.15) is 20.3 Å². The summed E-state index contributed by atoms with van der Waals surface area (Å²) in [4.78, 5) is 10.5. The second-order valence-corrected chi connectivity index (χ2v) is 2.78. The minimum atomic E-state index is -0.923. The number of nitrogens with one attached hydrogen (secondary N) is 1. The van der Waals surface area contributed by atoms with Crippen LogP contribution in [0.2, 0.25) is 0 Å². The van der Waals surface area contributed by atoms with Crippen molar-refractivity contribution < 1.29 is 14.6 Å². The Kier molecular flexibility index (Phi) is 5.66. The van der Waals surface area contributed by atoms with Crippen molar-refractivity contribution >= 4 is 5.97 Å². The molecule has 2 atom stereocenters. The molecule has 0 bridgehead atoms. The monoisotopic (exact) mass is 175 g/mol. The van der Waals surface area contributed by atoms with E-state index in [0.29, 0.717) is 12.6 Å². The zero-order valence-corrected chi connectivity index (χ0v) is 7.83. The maximum Gasteiger partial charge on any atom is 0.334 e. The molecule has 0 heterocycles. The van der Waals surface area contributed by atoms with Gasteiger partial charge >= 0.3 is 5.97 Å². The molecule has 0 aliphatic heterocycles. The van der Waals surface area contributed by atoms with Crippen molar-refractivity contribution in [2.45, 2.75) is 32.4 Å². The number of carboxylic acids is 1. The fourth-order valence-corrected chi connectivity index (χ4v) is 0.724. The normalized spacial score (nSPS) is 15.6. The SMILES string of the molecule is CCC(C)NCC(OC)C(=O)O. The van der Waals surface area contributed by atoms with Crippen LogP contribution in [0.4, 0.5) is 0 Å². The van der Waals surface area contributed by atoms with E-state index in [4.69, 9.17) is 9.84 Å². The van der Waals surface area contributed by atoms with Crippen molar-refractivity contribution in [3.05, 3.63) is 0 Å². The van der Waals surface area contributed by atoms with Crippen molar-refractivity contribution in [3.63, 3.8) is 0 Å². The van der Waals surface area contributed by atoms with Gasteiger partial charge < -0.3 is 15.2 Å². The van der Waals surface area contributed by atoms with Crippen molar-refractivity contribution in [3.8, 4) is 0 Å². The Bertz CT molecular complexity index is 138. The van der Waals surface area contributed by atoms with Crippen LogP contribution in [0.3, 0.4) is 0 Å². The highest BCUT2D eigenvalue weighted by molar-refractivity contribution is 5.72. The Morgan fingerprint density at radius 1 is 1.67 bits per heavy atom. The maximum atomic E-state index is 10.5. The highest BCUT2D eigenvalue weighted by Crippen LogP contribution is 1.92. The van der Waals surface area contributed by atoms with Crippen LogP contribution < -0.4 is 5.32 Å². The number of rotatable bonds is 6. The number of methoxy groups -OCH3 is 1. The van der Waals surface area contributed by atoms with Crippen LogP contribution in [0.5, 0.6) is 0 Å². The Labute approximate surface area is 72.9 Å². The second kappa shape index (κ2) is 5.97. The molecule has 0 spiro atoms. The lowest BCUT2D eigenvalue weighted by atomic mass is 10.2. The van der Waals surface area contributed by atoms with Gasteiger partial charge in [0.15, 0.2) is 6.10 Å². The van der Waals surface area contributed by atoms with Gasteiger partial charge in [0.05, 0.1) is 0 Å². The van der Waals surface area contributed by atoms with Gasteiger partial charge in [0.25, 0.3) is 0 Å². The van der Waals surface area contributed by atoms with Crippen molar-refractivity contribution in [2.75, 3.05) is 13.7 Å². The van der Waals surface area contributed by atoms with Gasteiger partial charge in [0.1, 0.15) is 0 Å². The topological polar surface area (TPSA) is 58.6 Å². The molecule has 2 N–H and O–H groups in total. The summed E-state index contributed by atoms with van der Waals surface area (Å²) in [5, 5.41) is 11.7. The quantitative estimate of drug-likeness (QED) is 0.616. The highest BCUT2D eigenvalue weighted by atomic mass is 16.5. The van der Waals surface area contributed by atoms with Gasteiger partial charge in [-0.05, 0) is 13.3 Å². The Hall–Kier alpha value is -0.610. The lowest BCUT2D eigenvalue weighted by Crippen LogP contribution is -2.38. The first-order valence-corrected chi connectivity index (χ1v) is 4.10. The molecule has 0 aliphatic rings. The van der Waals surface area contributed by atoms with Gasteiger partial charge in [-0.3, -0.25) is 0 Å². The number of carbonyl (C=O) groups is 1. The van der Waals surface area contributed by atoms with Crippen LogP contribution in [-0.2, 0) is 9.53 Å². The molecular formula is C8H17NO3. The van der Waals surface area contributed by atoms with E-state index in [0.717, 1.165) is 6.42 Å². The van der Waals surface area contributed by atoms with E-state index >= 15 is 0 Å². The van der Waals surface area contributed by atoms with Gasteiger partial charge in [-0.25, -0.2) is 4.79 Å². The average molecular weight is 175 g/mol. The average Bonchev–Trinajstić information content (AvgIpc) is 2.04. The first-order chi connectivity index (χ1) is 5.61. The molecular weight excluding hydrogens is 158 g/mol. The molecule has 4 nitrogen and oxygen atoms in total. The number of hydrogen-bond donors (Lipinski definition) is 2. The maximum absolute atomic E-state index is 10.5. The zero-order chi connectivity index (χ0) is 9.56. The summed E-state index contributed by atoms with van der Waals surface area (Å²) in [5.41, 5.74) is 0. The lowest BCUT2D eigenvalue weighted by molar-refractivity contribution is -0.148. The molecule has 0 saturated heterocycles. The van der Waals surface area contributed by atoms with E-state index in [1.54, 1.807) is 0 Å². The second-order valence-electron chi connectivity index (χ2n) is 2.78. The van der Waals surface area contributed by atoms with E-state index < -0.39 is 12.1 Å². The molecule has 2 unspecified atom stereocenters. The molecule has 0 aromatic rings. The number of hydrogen-bond acceptors (Lipinski definition) is 3. The lowest BCUT2D eigenvalue weighted by Gasteiger charge is -2.15. The highest BCUT2D eigenvalue weighted by Gasteiger charge is 2.15. The molecule has 0 aromatic carbocycles. The molecule has 4 heteroatoms. The van der Waals surface area contributed by atoms with Gasteiger partial charge in [-0.15, -0.1) is 0 Å². The molecule has 0 saturated carbocycles. The molecule has 0 amide bonds. The minimum absolute atomic E-state index is 0.335. The van der Waals surface area contributed by atoms with Crippen LogP contribution in [0, 0.1) is 0 Å². The number of carboxylic acid groups (broad SMARTS) is 1. The Morgan fingerprint density at radius 3 is 2.58 bits per heavy atom. The van der Waals surface area contributed by atoms with E-state index in [1.165, 1.54) is 7.11 Å². The summed E-state index contributed by atoms with van der Waals surface area (Å²) >= 11 is 0. The molecule has 0 radical (unpaired) electrons. The zero-order valence-electron chi connectivity index (χ0n) is 7.83. The largest absolute Gasteiger partial charge is 0.479 e. The van der Waals surface area contributed by atoms with E-state index in [-0.39, 0.29) is 0 Å². The van der Waals surface area contributed by atoms with Crippen molar-refractivity contribution in [1.82, 2.24) is 5.32 Å². The summed E-state index contributed by atoms with van der Waals surface area (Å²) in [7, 11) is 1.40. The minimum Gasteiger partial charge on any atom is -0.479 e. The van der Waals surface area contributed by atoms with Crippen LogP contribution in [0.15, 0.2) is 0 Å². The first kappa shape index (κ1) is 11.4. The summed E-state index contributed by atoms with van der Waals surface area (Å²) in [6.45, 7) is 4.41. The molecule has 72 valence electrons. The first-order valence-electron chi connectivity index (χ1n) is 4.10. The smallest absolute Gasteiger partial charge is 0.334 e. The molecule has 0 rings (SSSR count). The predicted octanol–water partition coefficient (Wildman–Crippen LogP) is 0.474. The number of aliphatic carboxylic acids is 1. The molecule has 0 aliphatic carbocycles. The Morgan fingerprint density at radius 2 is 2.25 bits per heavy atom. The standard InChI is InChI=1S/C8H17NO3/c1-4-6(2)9-5-7(12-3)8(10)11/h6-7,9H,4-5H2,1-3H3,(H,10,11). The van der Waals surface area contributed by atoms with E-state index in [9.17, 15) is 4.79 Å². The summed E-state index contributed by atoms with van der Waals surface area (Å²) in [5.74, 6) is -0.923. The number of ether oxygens (including phenoxy) is 1. The summed E-state index contributed by atoms with van der Waals surface area (Å²) in [6, 6.07) is 0.335. The van der Waals surface area contributed by atoms with Gasteiger partial charge in [0.2, 0.25) is 0 Å². The summed E-state index contributed by atoms with van der Waals surface area (Å²) < 4.78 is 4.74. The van der Waals surface area contributed by atoms with Crippen LogP contribution in [0.25, 0.3) is 0 Å². The van der Waals surface area contributed by atoms with Crippen LogP contribution in [-0.4, -0.2) is 36.9 Å². The van der Waals surface area contributed by atoms with Gasteiger partial charge in [-0.2, -0.15) is 0 Å². The van der Waals surface area contributed by atoms with Crippen molar-refractivity contribution in [1.29, 1.82) is 0 Å². The van der Waals surface area contributed by atoms with E-state index in [1.807, 2.05) is 13.8 Å². The third-order valence-electron chi connectivity index (χ3n) is 1.82. The fourth-order valence-electron chi connectivity index (χ4n) is 0.724. The van der Waals surface area contributed by atoms with Gasteiger partial charge in [0, 0.05) is 19.7 Å². The summed E-state index contributed by atoms with van der Waals surface area (Å²) in [6.07, 6.45) is 0.245. The third-order valence-corrected chi connectivity index (χ3v) is 1.82.